The van der Waals surface area contributed by atoms with Gasteiger partial charge in [-0.15, -0.1) is 0 Å². The minimum absolute atomic E-state index is 0.000637. The molecule has 5 N–H and O–H groups in total. The van der Waals surface area contributed by atoms with Gasteiger partial charge >= 0.3 is 6.18 Å². The molecule has 0 radical (unpaired) electrons. The summed E-state index contributed by atoms with van der Waals surface area (Å²) in [5, 5.41) is 10.9. The molecular weight excluding hydrogens is 321 g/mol. The molecule has 1 aliphatic rings. The maximum atomic E-state index is 13.0. The van der Waals surface area contributed by atoms with E-state index in [1.807, 2.05) is 0 Å². The van der Waals surface area contributed by atoms with Crippen LogP contribution in [-0.2, 0) is 11.8 Å². The van der Waals surface area contributed by atoms with Gasteiger partial charge in [0.1, 0.15) is 5.82 Å². The van der Waals surface area contributed by atoms with Crippen molar-refractivity contribution in [2.75, 3.05) is 11.5 Å². The van der Waals surface area contributed by atoms with Crippen molar-refractivity contribution in [3.8, 4) is 11.3 Å². The number of anilines is 2. The highest BCUT2D eigenvalue weighted by molar-refractivity contribution is 5.71. The molecule has 1 aromatic carbocycles. The molecule has 0 amide bonds. The van der Waals surface area contributed by atoms with Crippen LogP contribution in [0, 0.1) is 0 Å². The summed E-state index contributed by atoms with van der Waals surface area (Å²) in [6.45, 7) is 0. The van der Waals surface area contributed by atoms with E-state index in [0.29, 0.717) is 12.8 Å². The number of nitrogens with zero attached hydrogens (tertiary/aromatic N) is 2. The lowest BCUT2D eigenvalue weighted by atomic mass is 9.88. The topological polar surface area (TPSA) is 98.0 Å². The van der Waals surface area contributed by atoms with E-state index >= 15 is 0 Å². The zero-order valence-corrected chi connectivity index (χ0v) is 12.8. The lowest BCUT2D eigenvalue weighted by molar-refractivity contribution is -0.137. The van der Waals surface area contributed by atoms with E-state index in [0.717, 1.165) is 25.0 Å². The van der Waals surface area contributed by atoms with Crippen molar-refractivity contribution in [2.24, 2.45) is 0 Å². The van der Waals surface area contributed by atoms with Crippen LogP contribution in [0.25, 0.3) is 11.3 Å². The third-order valence-electron chi connectivity index (χ3n) is 4.31. The highest BCUT2D eigenvalue weighted by Crippen LogP contribution is 2.45. The van der Waals surface area contributed by atoms with Gasteiger partial charge in [0.15, 0.2) is 0 Å². The highest BCUT2D eigenvalue weighted by Gasteiger charge is 2.39. The van der Waals surface area contributed by atoms with Gasteiger partial charge in [0, 0.05) is 5.56 Å². The molecule has 3 rings (SSSR count). The van der Waals surface area contributed by atoms with Gasteiger partial charge in [-0.2, -0.15) is 18.2 Å². The second-order valence-corrected chi connectivity index (χ2v) is 6.01. The minimum Gasteiger partial charge on any atom is -0.385 e. The minimum atomic E-state index is -4.48. The number of nitrogens with two attached hydrogens (primary N) is 2. The zero-order chi connectivity index (χ0) is 17.5. The standard InChI is InChI=1S/C16H17F3N4O/c17-16(18,19)10-5-3-4-9(8-10)12-11(13(20)23-14(21)22-12)15(24)6-1-2-7-15/h3-5,8,24H,1-2,6-7H2,(H4,20,21,22,23). The maximum absolute atomic E-state index is 13.0. The summed E-state index contributed by atoms with van der Waals surface area (Å²) in [4.78, 5) is 7.96. The number of hydrogen-bond donors (Lipinski definition) is 3. The molecule has 128 valence electrons. The summed E-state index contributed by atoms with van der Waals surface area (Å²) >= 11 is 0. The lowest BCUT2D eigenvalue weighted by Gasteiger charge is -2.26. The largest absolute Gasteiger partial charge is 0.416 e. The van der Waals surface area contributed by atoms with Gasteiger partial charge in [-0.1, -0.05) is 25.0 Å². The van der Waals surface area contributed by atoms with Gasteiger partial charge in [-0.05, 0) is 25.0 Å². The fourth-order valence-corrected chi connectivity index (χ4v) is 3.22. The van der Waals surface area contributed by atoms with Gasteiger partial charge in [-0.3, -0.25) is 0 Å². The van der Waals surface area contributed by atoms with Crippen LogP contribution in [0.5, 0.6) is 0 Å². The highest BCUT2D eigenvalue weighted by atomic mass is 19.4. The molecule has 0 aliphatic heterocycles. The van der Waals surface area contributed by atoms with E-state index in [1.54, 1.807) is 0 Å². The molecule has 1 heterocycles. The first-order valence-corrected chi connectivity index (χ1v) is 7.54. The van der Waals surface area contributed by atoms with Gasteiger partial charge in [0.05, 0.1) is 22.4 Å². The lowest BCUT2D eigenvalue weighted by Crippen LogP contribution is -2.25. The van der Waals surface area contributed by atoms with Crippen LogP contribution >= 0.6 is 0 Å². The molecule has 1 aromatic heterocycles. The summed E-state index contributed by atoms with van der Waals surface area (Å²) in [6, 6.07) is 4.72. The molecule has 0 atom stereocenters. The van der Waals surface area contributed by atoms with Gasteiger partial charge in [0.25, 0.3) is 0 Å². The normalized spacial score (nSPS) is 17.2. The molecule has 0 saturated heterocycles. The Hall–Kier alpha value is -2.35. The molecule has 2 aromatic rings. The van der Waals surface area contributed by atoms with E-state index in [-0.39, 0.29) is 28.6 Å². The van der Waals surface area contributed by atoms with Crippen LogP contribution in [-0.4, -0.2) is 15.1 Å². The Morgan fingerprint density at radius 1 is 1.08 bits per heavy atom. The van der Waals surface area contributed by atoms with Gasteiger partial charge < -0.3 is 16.6 Å². The van der Waals surface area contributed by atoms with E-state index in [4.69, 9.17) is 11.5 Å². The van der Waals surface area contributed by atoms with E-state index < -0.39 is 17.3 Å². The molecule has 1 fully saturated rings. The number of alkyl halides is 3. The monoisotopic (exact) mass is 338 g/mol. The summed E-state index contributed by atoms with van der Waals surface area (Å²) in [5.74, 6) is -0.149. The molecule has 5 nitrogen and oxygen atoms in total. The first kappa shape index (κ1) is 16.5. The summed E-state index contributed by atoms with van der Waals surface area (Å²) in [6.07, 6.45) is -1.98. The van der Waals surface area contributed by atoms with Crippen molar-refractivity contribution in [1.29, 1.82) is 0 Å². The van der Waals surface area contributed by atoms with Crippen molar-refractivity contribution < 1.29 is 18.3 Å². The number of benzene rings is 1. The van der Waals surface area contributed by atoms with E-state index in [1.165, 1.54) is 12.1 Å². The van der Waals surface area contributed by atoms with Crippen LogP contribution in [0.4, 0.5) is 24.9 Å². The van der Waals surface area contributed by atoms with Crippen molar-refractivity contribution >= 4 is 11.8 Å². The molecule has 0 spiro atoms. The van der Waals surface area contributed by atoms with Crippen LogP contribution < -0.4 is 11.5 Å². The van der Waals surface area contributed by atoms with Crippen LogP contribution in [0.2, 0.25) is 0 Å². The van der Waals surface area contributed by atoms with Crippen molar-refractivity contribution in [1.82, 2.24) is 9.97 Å². The van der Waals surface area contributed by atoms with Crippen molar-refractivity contribution in [2.45, 2.75) is 37.5 Å². The molecule has 0 unspecified atom stereocenters. The molecule has 24 heavy (non-hydrogen) atoms. The smallest absolute Gasteiger partial charge is 0.385 e. The predicted octanol–water partition coefficient (Wildman–Crippen LogP) is 3.09. The molecule has 0 bridgehead atoms. The number of aromatic nitrogens is 2. The Morgan fingerprint density at radius 3 is 2.38 bits per heavy atom. The molecule has 1 aliphatic carbocycles. The number of rotatable bonds is 2. The number of hydrogen-bond acceptors (Lipinski definition) is 5. The van der Waals surface area contributed by atoms with E-state index in [9.17, 15) is 18.3 Å². The summed E-state index contributed by atoms with van der Waals surface area (Å²) in [5.41, 5.74) is 10.1. The van der Waals surface area contributed by atoms with Crippen LogP contribution in [0.3, 0.4) is 0 Å². The van der Waals surface area contributed by atoms with Crippen LogP contribution in [0.15, 0.2) is 24.3 Å². The first-order chi connectivity index (χ1) is 11.2. The number of aliphatic hydroxyl groups is 1. The van der Waals surface area contributed by atoms with Crippen molar-refractivity contribution in [3.63, 3.8) is 0 Å². The fraction of sp³-hybridized carbons (Fsp3) is 0.375. The second-order valence-electron chi connectivity index (χ2n) is 6.01. The molecule has 8 heteroatoms. The maximum Gasteiger partial charge on any atom is 0.416 e. The fourth-order valence-electron chi connectivity index (χ4n) is 3.22. The summed E-state index contributed by atoms with van der Waals surface area (Å²) in [7, 11) is 0. The third-order valence-corrected chi connectivity index (χ3v) is 4.31. The van der Waals surface area contributed by atoms with Crippen LogP contribution in [0.1, 0.15) is 36.8 Å². The summed E-state index contributed by atoms with van der Waals surface area (Å²) < 4.78 is 39.0. The third kappa shape index (κ3) is 2.89. The average Bonchev–Trinajstić information content (AvgIpc) is 2.93. The Labute approximate surface area is 136 Å². The quantitative estimate of drug-likeness (QED) is 0.782. The Bertz CT molecular complexity index is 770. The van der Waals surface area contributed by atoms with E-state index in [2.05, 4.69) is 9.97 Å². The Balaban J connectivity index is 2.21. The number of nitrogen functional groups attached to an aromatic ring is 2. The Morgan fingerprint density at radius 2 is 1.75 bits per heavy atom. The molecule has 1 saturated carbocycles. The average molecular weight is 338 g/mol. The Kier molecular flexibility index (Phi) is 3.87. The molecular formula is C16H17F3N4O. The first-order valence-electron chi connectivity index (χ1n) is 7.54. The van der Waals surface area contributed by atoms with Gasteiger partial charge in [-0.25, -0.2) is 4.98 Å². The zero-order valence-electron chi connectivity index (χ0n) is 12.8. The second kappa shape index (κ2) is 5.62. The van der Waals surface area contributed by atoms with Crippen molar-refractivity contribution in [3.05, 3.63) is 35.4 Å². The van der Waals surface area contributed by atoms with Gasteiger partial charge in [0.2, 0.25) is 5.95 Å². The SMILES string of the molecule is Nc1nc(N)c(C2(O)CCCC2)c(-c2cccc(C(F)(F)F)c2)n1. The number of halogens is 3. The predicted molar refractivity (Wildman–Crippen MR) is 83.7 cm³/mol.